The van der Waals surface area contributed by atoms with Crippen molar-refractivity contribution in [2.45, 2.75) is 38.1 Å². The summed E-state index contributed by atoms with van der Waals surface area (Å²) in [6.45, 7) is 1.27. The zero-order chi connectivity index (χ0) is 20.5. The molecule has 0 radical (unpaired) electrons. The summed E-state index contributed by atoms with van der Waals surface area (Å²) in [5.41, 5.74) is 1.42. The fourth-order valence-electron chi connectivity index (χ4n) is 3.52. The van der Waals surface area contributed by atoms with Gasteiger partial charge in [0.05, 0.1) is 18.2 Å². The standard InChI is InChI=1S/C24H27NO4/c26-23-15-14-21(9-4-5-18-29-22-10-2-1-3-11-22)25(23)17-16-19-7-6-8-20(13-12-19)24(27)28/h1-4,6,8-13,21H,5,7,14-18H2,(H,27,28)/b9-4+. The number of ether oxygens (including phenoxy) is 1. The van der Waals surface area contributed by atoms with Crippen molar-refractivity contribution >= 4 is 11.9 Å². The van der Waals surface area contributed by atoms with Crippen LogP contribution >= 0.6 is 0 Å². The van der Waals surface area contributed by atoms with Crippen LogP contribution in [0.4, 0.5) is 0 Å². The number of amides is 1. The first kappa shape index (κ1) is 20.6. The molecule has 0 spiro atoms. The van der Waals surface area contributed by atoms with E-state index in [1.807, 2.05) is 47.4 Å². The van der Waals surface area contributed by atoms with Gasteiger partial charge in [0.2, 0.25) is 5.91 Å². The Hall–Kier alpha value is -3.08. The maximum absolute atomic E-state index is 12.3. The van der Waals surface area contributed by atoms with Gasteiger partial charge in [-0.15, -0.1) is 0 Å². The highest BCUT2D eigenvalue weighted by Crippen LogP contribution is 2.23. The SMILES string of the molecule is O=C(O)C1=CC=C(CCN2C(=O)CCC2/C=C/CCOc2ccccc2)CC=C1. The van der Waals surface area contributed by atoms with Crippen LogP contribution in [-0.4, -0.2) is 41.1 Å². The van der Waals surface area contributed by atoms with Crippen molar-refractivity contribution in [1.82, 2.24) is 4.90 Å². The van der Waals surface area contributed by atoms with Crippen LogP contribution in [-0.2, 0) is 9.59 Å². The summed E-state index contributed by atoms with van der Waals surface area (Å²) in [4.78, 5) is 25.3. The number of aliphatic carboxylic acids is 1. The highest BCUT2D eigenvalue weighted by molar-refractivity contribution is 5.90. The number of hydrogen-bond donors (Lipinski definition) is 1. The number of likely N-dealkylation sites (tertiary alicyclic amines) is 1. The van der Waals surface area contributed by atoms with Crippen molar-refractivity contribution in [2.24, 2.45) is 0 Å². The molecule has 1 atom stereocenters. The number of nitrogens with zero attached hydrogens (tertiary/aromatic N) is 1. The fourth-order valence-corrected chi connectivity index (χ4v) is 3.52. The minimum atomic E-state index is -0.921. The maximum atomic E-state index is 12.3. The Morgan fingerprint density at radius 3 is 2.86 bits per heavy atom. The van der Waals surface area contributed by atoms with Crippen LogP contribution in [0.5, 0.6) is 5.75 Å². The van der Waals surface area contributed by atoms with Gasteiger partial charge < -0.3 is 14.7 Å². The molecule has 0 aromatic heterocycles. The van der Waals surface area contributed by atoms with Crippen molar-refractivity contribution in [3.05, 3.63) is 77.9 Å². The van der Waals surface area contributed by atoms with Crippen molar-refractivity contribution in [2.75, 3.05) is 13.2 Å². The van der Waals surface area contributed by atoms with E-state index in [1.54, 1.807) is 12.2 Å². The molecule has 0 saturated carbocycles. The zero-order valence-corrected chi connectivity index (χ0v) is 16.5. The average Bonchev–Trinajstić information content (AvgIpc) is 2.92. The van der Waals surface area contributed by atoms with Gasteiger partial charge in [-0.25, -0.2) is 4.79 Å². The predicted octanol–water partition coefficient (Wildman–Crippen LogP) is 4.29. The van der Waals surface area contributed by atoms with Gasteiger partial charge in [0, 0.05) is 13.0 Å². The number of allylic oxidation sites excluding steroid dienone is 3. The van der Waals surface area contributed by atoms with E-state index in [2.05, 4.69) is 12.2 Å². The summed E-state index contributed by atoms with van der Waals surface area (Å²) in [5.74, 6) is 0.131. The molecule has 1 aromatic rings. The molecule has 2 aliphatic rings. The van der Waals surface area contributed by atoms with E-state index in [1.165, 1.54) is 0 Å². The molecule has 1 unspecified atom stereocenters. The van der Waals surface area contributed by atoms with Crippen molar-refractivity contribution in [3.8, 4) is 5.75 Å². The second-order valence-electron chi connectivity index (χ2n) is 7.18. The lowest BCUT2D eigenvalue weighted by Gasteiger charge is -2.23. The molecule has 1 fully saturated rings. The first-order valence-electron chi connectivity index (χ1n) is 10.1. The predicted molar refractivity (Wildman–Crippen MR) is 113 cm³/mol. The number of para-hydroxylation sites is 1. The number of benzene rings is 1. The Labute approximate surface area is 171 Å². The fraction of sp³-hybridized carbons (Fsp3) is 0.333. The summed E-state index contributed by atoms with van der Waals surface area (Å²) in [6, 6.07) is 9.86. The lowest BCUT2D eigenvalue weighted by molar-refractivity contribution is -0.132. The lowest BCUT2D eigenvalue weighted by Crippen LogP contribution is -2.32. The van der Waals surface area contributed by atoms with Gasteiger partial charge in [-0.05, 0) is 43.9 Å². The Balaban J connectivity index is 1.47. The number of carbonyl (C=O) groups excluding carboxylic acids is 1. The summed E-state index contributed by atoms with van der Waals surface area (Å²) in [5, 5.41) is 9.09. The summed E-state index contributed by atoms with van der Waals surface area (Å²) in [6.07, 6.45) is 14.9. The van der Waals surface area contributed by atoms with Crippen LogP contribution in [0.25, 0.3) is 0 Å². The van der Waals surface area contributed by atoms with Crippen LogP contribution in [0.1, 0.15) is 32.1 Å². The number of carboxylic acid groups (broad SMARTS) is 1. The minimum Gasteiger partial charge on any atom is -0.493 e. The molecule has 5 heteroatoms. The van der Waals surface area contributed by atoms with Gasteiger partial charge >= 0.3 is 5.97 Å². The van der Waals surface area contributed by atoms with Gasteiger partial charge in [-0.2, -0.15) is 0 Å². The van der Waals surface area contributed by atoms with Crippen LogP contribution < -0.4 is 4.74 Å². The van der Waals surface area contributed by atoms with Crippen LogP contribution in [0, 0.1) is 0 Å². The van der Waals surface area contributed by atoms with E-state index >= 15 is 0 Å². The highest BCUT2D eigenvalue weighted by Gasteiger charge is 2.28. The zero-order valence-electron chi connectivity index (χ0n) is 16.5. The third-order valence-electron chi connectivity index (χ3n) is 5.13. The second kappa shape index (κ2) is 10.5. The highest BCUT2D eigenvalue weighted by atomic mass is 16.5. The molecule has 3 rings (SSSR count). The first-order valence-corrected chi connectivity index (χ1v) is 10.1. The Morgan fingerprint density at radius 1 is 1.24 bits per heavy atom. The van der Waals surface area contributed by atoms with Crippen molar-refractivity contribution in [3.63, 3.8) is 0 Å². The third-order valence-corrected chi connectivity index (χ3v) is 5.13. The summed E-state index contributed by atoms with van der Waals surface area (Å²) < 4.78 is 5.69. The molecule has 1 aliphatic carbocycles. The maximum Gasteiger partial charge on any atom is 0.335 e. The smallest absolute Gasteiger partial charge is 0.335 e. The lowest BCUT2D eigenvalue weighted by atomic mass is 10.1. The molecule has 29 heavy (non-hydrogen) atoms. The van der Waals surface area contributed by atoms with E-state index in [4.69, 9.17) is 9.84 Å². The monoisotopic (exact) mass is 393 g/mol. The molecule has 1 aliphatic heterocycles. The van der Waals surface area contributed by atoms with Gasteiger partial charge in [-0.3, -0.25) is 4.79 Å². The minimum absolute atomic E-state index is 0.131. The van der Waals surface area contributed by atoms with Crippen LogP contribution in [0.3, 0.4) is 0 Å². The average molecular weight is 393 g/mol. The molecule has 1 saturated heterocycles. The Morgan fingerprint density at radius 2 is 2.07 bits per heavy atom. The number of hydrogen-bond acceptors (Lipinski definition) is 3. The number of carboxylic acids is 1. The van der Waals surface area contributed by atoms with E-state index in [0.717, 1.165) is 30.6 Å². The summed E-state index contributed by atoms with van der Waals surface area (Å²) in [7, 11) is 0. The van der Waals surface area contributed by atoms with E-state index in [9.17, 15) is 9.59 Å². The molecule has 0 bridgehead atoms. The molecular weight excluding hydrogens is 366 g/mol. The Kier molecular flexibility index (Phi) is 7.45. The molecule has 5 nitrogen and oxygen atoms in total. The first-order chi connectivity index (χ1) is 14.1. The number of carbonyl (C=O) groups is 2. The molecule has 1 aromatic carbocycles. The van der Waals surface area contributed by atoms with Gasteiger partial charge in [0.25, 0.3) is 0 Å². The summed E-state index contributed by atoms with van der Waals surface area (Å²) >= 11 is 0. The largest absolute Gasteiger partial charge is 0.493 e. The molecular formula is C24H27NO4. The van der Waals surface area contributed by atoms with Gasteiger partial charge in [0.1, 0.15) is 5.75 Å². The third kappa shape index (κ3) is 6.21. The molecule has 1 amide bonds. The Bertz CT molecular complexity index is 836. The van der Waals surface area contributed by atoms with E-state index < -0.39 is 5.97 Å². The molecule has 152 valence electrons. The normalized spacial score (nSPS) is 19.2. The molecule has 1 heterocycles. The van der Waals surface area contributed by atoms with Crippen LogP contribution in [0.15, 0.2) is 77.9 Å². The van der Waals surface area contributed by atoms with E-state index in [-0.39, 0.29) is 17.5 Å². The van der Waals surface area contributed by atoms with Crippen molar-refractivity contribution in [1.29, 1.82) is 0 Å². The number of rotatable bonds is 9. The molecule has 1 N–H and O–H groups in total. The van der Waals surface area contributed by atoms with E-state index in [0.29, 0.717) is 26.0 Å². The van der Waals surface area contributed by atoms with Crippen molar-refractivity contribution < 1.29 is 19.4 Å². The second-order valence-corrected chi connectivity index (χ2v) is 7.18. The van der Waals surface area contributed by atoms with Crippen LogP contribution in [0.2, 0.25) is 0 Å². The van der Waals surface area contributed by atoms with Gasteiger partial charge in [-0.1, -0.05) is 54.2 Å². The van der Waals surface area contributed by atoms with Gasteiger partial charge in [0.15, 0.2) is 0 Å². The quantitative estimate of drug-likeness (QED) is 0.502. The topological polar surface area (TPSA) is 66.8 Å².